The number of halogens is 3. The number of rotatable bonds is 2. The van der Waals surface area contributed by atoms with E-state index < -0.39 is 27.0 Å². The van der Waals surface area contributed by atoms with E-state index in [1.807, 2.05) is 0 Å². The molecule has 0 saturated carbocycles. The number of hydrogen-bond donors (Lipinski definition) is 0. The number of morpholine rings is 1. The van der Waals surface area contributed by atoms with Crippen molar-refractivity contribution < 1.29 is 31.1 Å². The van der Waals surface area contributed by atoms with Crippen LogP contribution in [0.4, 0.5) is 13.2 Å². The molecule has 2 aliphatic rings. The van der Waals surface area contributed by atoms with Gasteiger partial charge in [0.2, 0.25) is 10.0 Å². The summed E-state index contributed by atoms with van der Waals surface area (Å²) in [6.45, 7) is 1.20. The molecule has 19 heavy (non-hydrogen) atoms. The highest BCUT2D eigenvalue weighted by Gasteiger charge is 2.55. The lowest BCUT2D eigenvalue weighted by molar-refractivity contribution is -0.129. The van der Waals surface area contributed by atoms with Crippen LogP contribution in [0, 0.1) is 0 Å². The van der Waals surface area contributed by atoms with Crippen LogP contribution in [0.3, 0.4) is 0 Å². The van der Waals surface area contributed by atoms with Crippen LogP contribution in [0.15, 0.2) is 0 Å². The van der Waals surface area contributed by atoms with Crippen molar-refractivity contribution in [1.29, 1.82) is 0 Å². The van der Waals surface area contributed by atoms with Crippen LogP contribution in [0.2, 0.25) is 0 Å². The van der Waals surface area contributed by atoms with Crippen molar-refractivity contribution >= 4 is 10.0 Å². The number of nitrogens with zero attached hydrogens (tertiary/aromatic N) is 1. The van der Waals surface area contributed by atoms with E-state index in [0.29, 0.717) is 20.0 Å². The highest BCUT2D eigenvalue weighted by atomic mass is 32.2. The van der Waals surface area contributed by atoms with Crippen LogP contribution < -0.4 is 0 Å². The van der Waals surface area contributed by atoms with Crippen molar-refractivity contribution in [2.24, 2.45) is 0 Å². The molecule has 0 amide bonds. The fourth-order valence-corrected chi connectivity index (χ4v) is 4.17. The summed E-state index contributed by atoms with van der Waals surface area (Å²) in [7, 11) is -4.46. The van der Waals surface area contributed by atoms with E-state index in [4.69, 9.17) is 9.47 Å². The van der Waals surface area contributed by atoms with Gasteiger partial charge in [0.1, 0.15) is 0 Å². The van der Waals surface area contributed by atoms with Gasteiger partial charge in [0, 0.05) is 13.2 Å². The van der Waals surface area contributed by atoms with Crippen molar-refractivity contribution in [2.45, 2.75) is 30.3 Å². The summed E-state index contributed by atoms with van der Waals surface area (Å²) in [6, 6.07) is 0. The van der Waals surface area contributed by atoms with Gasteiger partial charge in [0.15, 0.2) is 5.25 Å². The predicted molar refractivity (Wildman–Crippen MR) is 60.1 cm³/mol. The molecule has 9 heteroatoms. The molecule has 0 N–H and O–H groups in total. The molecule has 112 valence electrons. The van der Waals surface area contributed by atoms with Gasteiger partial charge in [-0.15, -0.1) is 0 Å². The number of ether oxygens (including phenoxy) is 2. The van der Waals surface area contributed by atoms with Crippen LogP contribution in [-0.4, -0.2) is 62.7 Å². The third-order valence-electron chi connectivity index (χ3n) is 3.64. The second-order valence-electron chi connectivity index (χ2n) is 4.88. The summed E-state index contributed by atoms with van der Waals surface area (Å²) in [4.78, 5) is 0. The monoisotopic (exact) mass is 303 g/mol. The molecule has 0 aromatic carbocycles. The number of hydrogen-bond acceptors (Lipinski definition) is 4. The molecular formula is C10H16F3NO4S. The standard InChI is InChI=1S/C10H16F3NO4S/c1-8(10(11,12)13)19(15,16)14-3-5-18-7-9(14)2-4-17-6-9/h8H,2-7H2,1H3. The molecule has 2 saturated heterocycles. The predicted octanol–water partition coefficient (Wildman–Crippen LogP) is 0.758. The van der Waals surface area contributed by atoms with Gasteiger partial charge in [0.05, 0.1) is 25.4 Å². The third kappa shape index (κ3) is 2.61. The normalized spacial score (nSPS) is 31.8. The Morgan fingerprint density at radius 3 is 2.26 bits per heavy atom. The molecule has 2 fully saturated rings. The summed E-state index contributed by atoms with van der Waals surface area (Å²) in [6.07, 6.45) is -4.42. The minimum Gasteiger partial charge on any atom is -0.379 e. The quantitative estimate of drug-likeness (QED) is 0.756. The lowest BCUT2D eigenvalue weighted by Crippen LogP contribution is -2.62. The van der Waals surface area contributed by atoms with Gasteiger partial charge in [-0.2, -0.15) is 17.5 Å². The number of alkyl halides is 3. The van der Waals surface area contributed by atoms with Crippen molar-refractivity contribution in [2.75, 3.05) is 33.0 Å². The van der Waals surface area contributed by atoms with Gasteiger partial charge in [-0.25, -0.2) is 8.42 Å². The Morgan fingerprint density at radius 2 is 1.79 bits per heavy atom. The summed E-state index contributed by atoms with van der Waals surface area (Å²) in [5, 5.41) is -2.42. The Balaban J connectivity index is 2.32. The fourth-order valence-electron chi connectivity index (χ4n) is 2.38. The molecule has 0 radical (unpaired) electrons. The molecule has 0 bridgehead atoms. The molecule has 2 unspecified atom stereocenters. The Labute approximate surface area is 109 Å². The summed E-state index contributed by atoms with van der Waals surface area (Å²) < 4.78 is 73.8. The first-order chi connectivity index (χ1) is 8.70. The van der Waals surface area contributed by atoms with Crippen molar-refractivity contribution in [3.8, 4) is 0 Å². The van der Waals surface area contributed by atoms with Crippen LogP contribution in [0.5, 0.6) is 0 Å². The third-order valence-corrected chi connectivity index (χ3v) is 5.98. The second kappa shape index (κ2) is 4.87. The smallest absolute Gasteiger partial charge is 0.379 e. The molecule has 5 nitrogen and oxygen atoms in total. The maximum atomic E-state index is 12.7. The molecule has 0 aliphatic carbocycles. The van der Waals surface area contributed by atoms with Crippen LogP contribution in [-0.2, 0) is 19.5 Å². The zero-order valence-electron chi connectivity index (χ0n) is 10.4. The Bertz CT molecular complexity index is 431. The minimum atomic E-state index is -4.78. The Hall–Kier alpha value is -0.380. The van der Waals surface area contributed by atoms with Crippen LogP contribution in [0.25, 0.3) is 0 Å². The molecule has 2 atom stereocenters. The van der Waals surface area contributed by atoms with Gasteiger partial charge in [-0.1, -0.05) is 0 Å². The van der Waals surface area contributed by atoms with E-state index in [-0.39, 0.29) is 26.4 Å². The average molecular weight is 303 g/mol. The van der Waals surface area contributed by atoms with E-state index in [9.17, 15) is 21.6 Å². The SMILES string of the molecule is CC(C(F)(F)F)S(=O)(=O)N1CCOCC12CCOC2. The first kappa shape index (κ1) is 15.0. The molecule has 2 rings (SSSR count). The highest BCUT2D eigenvalue weighted by molar-refractivity contribution is 7.89. The van der Waals surface area contributed by atoms with E-state index in [1.54, 1.807) is 0 Å². The Morgan fingerprint density at radius 1 is 1.21 bits per heavy atom. The van der Waals surface area contributed by atoms with Gasteiger partial charge in [-0.3, -0.25) is 0 Å². The van der Waals surface area contributed by atoms with E-state index in [2.05, 4.69) is 0 Å². The second-order valence-corrected chi connectivity index (χ2v) is 7.06. The van der Waals surface area contributed by atoms with Crippen molar-refractivity contribution in [3.05, 3.63) is 0 Å². The van der Waals surface area contributed by atoms with E-state index >= 15 is 0 Å². The van der Waals surface area contributed by atoms with Crippen LogP contribution in [0.1, 0.15) is 13.3 Å². The zero-order valence-corrected chi connectivity index (χ0v) is 11.3. The zero-order chi connectivity index (χ0) is 14.3. The van der Waals surface area contributed by atoms with Gasteiger partial charge in [0.25, 0.3) is 0 Å². The Kier molecular flexibility index (Phi) is 3.85. The lowest BCUT2D eigenvalue weighted by Gasteiger charge is -2.43. The average Bonchev–Trinajstić information content (AvgIpc) is 2.76. The molecule has 0 aromatic rings. The highest BCUT2D eigenvalue weighted by Crippen LogP contribution is 2.36. The number of sulfonamides is 1. The molecule has 2 heterocycles. The largest absolute Gasteiger partial charge is 0.406 e. The molecule has 2 aliphatic heterocycles. The minimum absolute atomic E-state index is 0.0634. The maximum Gasteiger partial charge on any atom is 0.406 e. The fraction of sp³-hybridized carbons (Fsp3) is 1.00. The molecular weight excluding hydrogens is 287 g/mol. The van der Waals surface area contributed by atoms with E-state index in [0.717, 1.165) is 4.31 Å². The summed E-state index contributed by atoms with van der Waals surface area (Å²) in [5.41, 5.74) is -0.976. The first-order valence-electron chi connectivity index (χ1n) is 5.94. The van der Waals surface area contributed by atoms with Gasteiger partial charge in [-0.05, 0) is 13.3 Å². The lowest BCUT2D eigenvalue weighted by atomic mass is 9.99. The van der Waals surface area contributed by atoms with Gasteiger partial charge < -0.3 is 9.47 Å². The first-order valence-corrected chi connectivity index (χ1v) is 7.44. The van der Waals surface area contributed by atoms with E-state index in [1.165, 1.54) is 0 Å². The van der Waals surface area contributed by atoms with Crippen molar-refractivity contribution in [1.82, 2.24) is 4.31 Å². The maximum absolute atomic E-state index is 12.7. The summed E-state index contributed by atoms with van der Waals surface area (Å²) in [5.74, 6) is 0. The topological polar surface area (TPSA) is 55.8 Å². The van der Waals surface area contributed by atoms with Crippen molar-refractivity contribution in [3.63, 3.8) is 0 Å². The molecule has 0 aromatic heterocycles. The summed E-state index contributed by atoms with van der Waals surface area (Å²) >= 11 is 0. The van der Waals surface area contributed by atoms with Crippen LogP contribution >= 0.6 is 0 Å². The van der Waals surface area contributed by atoms with Gasteiger partial charge >= 0.3 is 6.18 Å². The molecule has 1 spiro atoms.